The van der Waals surface area contributed by atoms with Gasteiger partial charge in [-0.25, -0.2) is 0 Å². The summed E-state index contributed by atoms with van der Waals surface area (Å²) >= 11 is 0. The van der Waals surface area contributed by atoms with Crippen molar-refractivity contribution < 1.29 is 4.79 Å². The Kier molecular flexibility index (Phi) is 2.32. The maximum absolute atomic E-state index is 10.8. The van der Waals surface area contributed by atoms with E-state index < -0.39 is 0 Å². The van der Waals surface area contributed by atoms with Gasteiger partial charge < -0.3 is 4.79 Å². The maximum atomic E-state index is 10.8. The number of hydrogen-bond acceptors (Lipinski definition) is 1. The van der Waals surface area contributed by atoms with Gasteiger partial charge in [0.2, 0.25) is 0 Å². The summed E-state index contributed by atoms with van der Waals surface area (Å²) in [6, 6.07) is 7.98. The van der Waals surface area contributed by atoms with Crippen LogP contribution in [0.4, 0.5) is 0 Å². The second-order valence-corrected chi connectivity index (χ2v) is 3.65. The molecule has 0 aromatic heterocycles. The molecule has 64 valence electrons. The first-order valence-electron chi connectivity index (χ1n) is 4.10. The highest BCUT2D eigenvalue weighted by Gasteiger charge is 2.20. The molecule has 0 saturated heterocycles. The fourth-order valence-electron chi connectivity index (χ4n) is 1.36. The van der Waals surface area contributed by atoms with Gasteiger partial charge in [-0.1, -0.05) is 24.3 Å². The minimum absolute atomic E-state index is 0.356. The van der Waals surface area contributed by atoms with E-state index in [1.54, 1.807) is 0 Å². The zero-order valence-corrected chi connectivity index (χ0v) is 7.79. The Morgan fingerprint density at radius 1 is 1.25 bits per heavy atom. The molecule has 0 spiro atoms. The second kappa shape index (κ2) is 3.10. The highest BCUT2D eigenvalue weighted by atomic mass is 16.1. The standard InChI is InChI=1S/C11H14O/c1-9-6-4-5-7-10(9)11(2,3)8-12/h4-8H,1-3H3. The maximum Gasteiger partial charge on any atom is 0.129 e. The molecule has 0 heterocycles. The zero-order chi connectivity index (χ0) is 9.19. The number of carbonyl (C=O) groups excluding carboxylic acids is 1. The SMILES string of the molecule is Cc1ccccc1C(C)(C)C=O. The van der Waals surface area contributed by atoms with Crippen LogP contribution < -0.4 is 0 Å². The highest BCUT2D eigenvalue weighted by Crippen LogP contribution is 2.23. The average molecular weight is 162 g/mol. The molecule has 1 aromatic carbocycles. The van der Waals surface area contributed by atoms with Crippen molar-refractivity contribution in [3.05, 3.63) is 35.4 Å². The quantitative estimate of drug-likeness (QED) is 0.610. The van der Waals surface area contributed by atoms with E-state index >= 15 is 0 Å². The van der Waals surface area contributed by atoms with Crippen LogP contribution in [0.5, 0.6) is 0 Å². The molecule has 0 radical (unpaired) electrons. The first-order chi connectivity index (χ1) is 5.58. The van der Waals surface area contributed by atoms with Gasteiger partial charge >= 0.3 is 0 Å². The van der Waals surface area contributed by atoms with E-state index in [1.807, 2.05) is 45.0 Å². The van der Waals surface area contributed by atoms with E-state index in [1.165, 1.54) is 5.56 Å². The summed E-state index contributed by atoms with van der Waals surface area (Å²) < 4.78 is 0. The van der Waals surface area contributed by atoms with Crippen molar-refractivity contribution in [3.63, 3.8) is 0 Å². The van der Waals surface area contributed by atoms with Crippen molar-refractivity contribution in [1.82, 2.24) is 0 Å². The Bertz CT molecular complexity index is 287. The van der Waals surface area contributed by atoms with Gasteiger partial charge in [-0.2, -0.15) is 0 Å². The third-order valence-corrected chi connectivity index (χ3v) is 2.13. The molecule has 0 aliphatic carbocycles. The van der Waals surface area contributed by atoms with Gasteiger partial charge in [0.15, 0.2) is 0 Å². The third kappa shape index (κ3) is 1.55. The van der Waals surface area contributed by atoms with Gasteiger partial charge in [-0.05, 0) is 31.9 Å². The fraction of sp³-hybridized carbons (Fsp3) is 0.364. The lowest BCUT2D eigenvalue weighted by atomic mass is 9.84. The Balaban J connectivity index is 3.19. The van der Waals surface area contributed by atoms with Gasteiger partial charge in [0.05, 0.1) is 0 Å². The largest absolute Gasteiger partial charge is 0.302 e. The van der Waals surface area contributed by atoms with Crippen LogP contribution in [-0.4, -0.2) is 6.29 Å². The molecule has 0 saturated carbocycles. The molecule has 12 heavy (non-hydrogen) atoms. The predicted octanol–water partition coefficient (Wildman–Crippen LogP) is 2.47. The summed E-state index contributed by atoms with van der Waals surface area (Å²) in [6.45, 7) is 5.89. The number of hydrogen-bond donors (Lipinski definition) is 0. The Hall–Kier alpha value is -1.11. The molecular weight excluding hydrogens is 148 g/mol. The van der Waals surface area contributed by atoms with E-state index in [4.69, 9.17) is 0 Å². The summed E-state index contributed by atoms with van der Waals surface area (Å²) in [4.78, 5) is 10.8. The van der Waals surface area contributed by atoms with Crippen molar-refractivity contribution in [2.45, 2.75) is 26.2 Å². The minimum atomic E-state index is -0.356. The van der Waals surface area contributed by atoms with Crippen LogP contribution in [0, 0.1) is 6.92 Å². The molecule has 0 atom stereocenters. The minimum Gasteiger partial charge on any atom is -0.302 e. The van der Waals surface area contributed by atoms with Crippen LogP contribution >= 0.6 is 0 Å². The Morgan fingerprint density at radius 2 is 1.83 bits per heavy atom. The summed E-state index contributed by atoms with van der Waals surface area (Å²) in [5, 5.41) is 0. The average Bonchev–Trinajstić information content (AvgIpc) is 2.05. The Morgan fingerprint density at radius 3 is 2.33 bits per heavy atom. The normalized spacial score (nSPS) is 11.2. The van der Waals surface area contributed by atoms with Gasteiger partial charge in [-0.15, -0.1) is 0 Å². The molecule has 0 aliphatic rings. The Labute approximate surface area is 73.4 Å². The zero-order valence-electron chi connectivity index (χ0n) is 7.79. The fourth-order valence-corrected chi connectivity index (χ4v) is 1.36. The molecule has 0 unspecified atom stereocenters. The van der Waals surface area contributed by atoms with Gasteiger partial charge in [0.25, 0.3) is 0 Å². The van der Waals surface area contributed by atoms with Crippen LogP contribution in [0.25, 0.3) is 0 Å². The first kappa shape index (κ1) is 8.98. The topological polar surface area (TPSA) is 17.1 Å². The van der Waals surface area contributed by atoms with E-state index in [9.17, 15) is 4.79 Å². The molecular formula is C11H14O. The number of rotatable bonds is 2. The summed E-state index contributed by atoms with van der Waals surface area (Å²) in [5.41, 5.74) is 1.93. The summed E-state index contributed by atoms with van der Waals surface area (Å²) in [5.74, 6) is 0. The van der Waals surface area contributed by atoms with Crippen LogP contribution in [0.15, 0.2) is 24.3 Å². The summed E-state index contributed by atoms with van der Waals surface area (Å²) in [7, 11) is 0. The molecule has 1 aromatic rings. The van der Waals surface area contributed by atoms with Crippen molar-refractivity contribution in [1.29, 1.82) is 0 Å². The van der Waals surface area contributed by atoms with Crippen LogP contribution in [0.1, 0.15) is 25.0 Å². The molecule has 1 heteroatoms. The molecule has 0 bridgehead atoms. The molecule has 0 amide bonds. The van der Waals surface area contributed by atoms with E-state index in [2.05, 4.69) is 0 Å². The van der Waals surface area contributed by atoms with Gasteiger partial charge in [0.1, 0.15) is 6.29 Å². The third-order valence-electron chi connectivity index (χ3n) is 2.13. The van der Waals surface area contributed by atoms with Gasteiger partial charge in [-0.3, -0.25) is 0 Å². The highest BCUT2D eigenvalue weighted by molar-refractivity contribution is 5.68. The van der Waals surface area contributed by atoms with Crippen molar-refractivity contribution in [3.8, 4) is 0 Å². The smallest absolute Gasteiger partial charge is 0.129 e. The monoisotopic (exact) mass is 162 g/mol. The molecule has 1 rings (SSSR count). The molecule has 1 nitrogen and oxygen atoms in total. The summed E-state index contributed by atoms with van der Waals surface area (Å²) in [6.07, 6.45) is 0.995. The van der Waals surface area contributed by atoms with Crippen LogP contribution in [0.2, 0.25) is 0 Å². The lowest BCUT2D eigenvalue weighted by molar-refractivity contribution is -0.111. The second-order valence-electron chi connectivity index (χ2n) is 3.65. The van der Waals surface area contributed by atoms with Crippen molar-refractivity contribution in [2.24, 2.45) is 0 Å². The van der Waals surface area contributed by atoms with Crippen molar-refractivity contribution >= 4 is 6.29 Å². The number of benzene rings is 1. The predicted molar refractivity (Wildman–Crippen MR) is 50.3 cm³/mol. The number of aryl methyl sites for hydroxylation is 1. The molecule has 0 N–H and O–H groups in total. The van der Waals surface area contributed by atoms with Crippen LogP contribution in [0.3, 0.4) is 0 Å². The number of carbonyl (C=O) groups is 1. The lowest BCUT2D eigenvalue weighted by Crippen LogP contribution is -2.19. The van der Waals surface area contributed by atoms with E-state index in [0.29, 0.717) is 0 Å². The number of aldehydes is 1. The van der Waals surface area contributed by atoms with Crippen molar-refractivity contribution in [2.75, 3.05) is 0 Å². The lowest BCUT2D eigenvalue weighted by Gasteiger charge is -2.19. The van der Waals surface area contributed by atoms with Gasteiger partial charge in [0, 0.05) is 5.41 Å². The van der Waals surface area contributed by atoms with Crippen LogP contribution in [-0.2, 0) is 10.2 Å². The molecule has 0 fully saturated rings. The first-order valence-corrected chi connectivity index (χ1v) is 4.10. The van der Waals surface area contributed by atoms with E-state index in [0.717, 1.165) is 11.8 Å². The van der Waals surface area contributed by atoms with E-state index in [-0.39, 0.29) is 5.41 Å². The molecule has 0 aliphatic heterocycles.